The molecule has 3 N–H and O–H groups in total. The Hall–Kier alpha value is -2.36. The van der Waals surface area contributed by atoms with Gasteiger partial charge < -0.3 is 20.7 Å². The topological polar surface area (TPSA) is 74.8 Å². The lowest BCUT2D eigenvalue weighted by molar-refractivity contribution is -0.121. The summed E-state index contributed by atoms with van der Waals surface area (Å²) in [5, 5.41) is 9.06. The van der Waals surface area contributed by atoms with Crippen LogP contribution < -0.4 is 20.7 Å². The van der Waals surface area contributed by atoms with Gasteiger partial charge in [-0.3, -0.25) is 9.79 Å². The molecule has 2 aromatic carbocycles. The number of hydrogen-bond acceptors (Lipinski definition) is 3. The summed E-state index contributed by atoms with van der Waals surface area (Å²) in [5.74, 6) is 0.344. The first-order valence-electron chi connectivity index (χ1n) is 9.25. The molecule has 1 atom stereocenters. The second kappa shape index (κ2) is 13.8. The molecule has 0 aliphatic rings. The molecule has 1 amide bonds. The molecule has 0 saturated heterocycles. The van der Waals surface area contributed by atoms with E-state index in [-0.39, 0.29) is 41.7 Å². The van der Waals surface area contributed by atoms with E-state index in [1.165, 1.54) is 6.07 Å². The molecule has 0 radical (unpaired) electrons. The number of hydrogen-bond donors (Lipinski definition) is 3. The Bertz CT molecular complexity index is 774. The minimum absolute atomic E-state index is 0. The number of nitrogens with zero attached hydrogens (tertiary/aromatic N) is 1. The summed E-state index contributed by atoms with van der Waals surface area (Å²) in [6, 6.07) is 16.0. The number of benzene rings is 2. The van der Waals surface area contributed by atoms with Crippen LogP contribution in [0.5, 0.6) is 5.75 Å². The Morgan fingerprint density at radius 3 is 2.45 bits per heavy atom. The highest BCUT2D eigenvalue weighted by Crippen LogP contribution is 2.16. The van der Waals surface area contributed by atoms with Gasteiger partial charge in [0.05, 0.1) is 6.54 Å². The molecule has 0 aliphatic heterocycles. The largest absolute Gasteiger partial charge is 0.486 e. The maximum atomic E-state index is 13.6. The van der Waals surface area contributed by atoms with Gasteiger partial charge in [0.15, 0.2) is 17.5 Å². The van der Waals surface area contributed by atoms with Gasteiger partial charge in [0.1, 0.15) is 6.10 Å². The second-order valence-corrected chi connectivity index (χ2v) is 6.25. The van der Waals surface area contributed by atoms with Gasteiger partial charge >= 0.3 is 0 Å². The molecular weight excluding hydrogens is 486 g/mol. The number of guanidine groups is 1. The molecule has 0 heterocycles. The Labute approximate surface area is 188 Å². The lowest BCUT2D eigenvalue weighted by atomic mass is 10.2. The van der Waals surface area contributed by atoms with Crippen molar-refractivity contribution in [2.75, 3.05) is 20.1 Å². The summed E-state index contributed by atoms with van der Waals surface area (Å²) < 4.78 is 19.2. The van der Waals surface area contributed by atoms with Crippen molar-refractivity contribution >= 4 is 35.8 Å². The van der Waals surface area contributed by atoms with Crippen LogP contribution in [0.1, 0.15) is 18.9 Å². The number of rotatable bonds is 9. The fourth-order valence-corrected chi connectivity index (χ4v) is 2.44. The van der Waals surface area contributed by atoms with Crippen LogP contribution in [0.3, 0.4) is 0 Å². The molecule has 0 saturated carbocycles. The van der Waals surface area contributed by atoms with Gasteiger partial charge in [0.2, 0.25) is 5.91 Å². The number of nitrogens with one attached hydrogen (secondary N) is 3. The zero-order chi connectivity index (χ0) is 20.2. The number of ether oxygens (including phenoxy) is 1. The van der Waals surface area contributed by atoms with Crippen LogP contribution in [0.15, 0.2) is 59.6 Å². The predicted molar refractivity (Wildman–Crippen MR) is 124 cm³/mol. The van der Waals surface area contributed by atoms with Gasteiger partial charge in [-0.1, -0.05) is 42.5 Å². The summed E-state index contributed by atoms with van der Waals surface area (Å²) in [6.45, 7) is 3.23. The molecule has 0 fully saturated rings. The molecule has 2 rings (SSSR count). The van der Waals surface area contributed by atoms with Crippen molar-refractivity contribution in [1.82, 2.24) is 16.0 Å². The molecule has 0 aliphatic carbocycles. The third-order valence-electron chi connectivity index (χ3n) is 3.92. The number of carbonyl (C=O) groups excluding carboxylic acids is 1. The monoisotopic (exact) mass is 514 g/mol. The quantitative estimate of drug-likeness (QED) is 0.273. The van der Waals surface area contributed by atoms with Crippen molar-refractivity contribution < 1.29 is 13.9 Å². The maximum Gasteiger partial charge on any atom is 0.222 e. The zero-order valence-electron chi connectivity index (χ0n) is 16.7. The van der Waals surface area contributed by atoms with Crippen molar-refractivity contribution in [3.63, 3.8) is 0 Å². The number of para-hydroxylation sites is 1. The highest BCUT2D eigenvalue weighted by molar-refractivity contribution is 14.0. The molecule has 2 aromatic rings. The van der Waals surface area contributed by atoms with E-state index in [0.29, 0.717) is 32.0 Å². The Morgan fingerprint density at radius 1 is 1.07 bits per heavy atom. The van der Waals surface area contributed by atoms with Gasteiger partial charge in [0.25, 0.3) is 0 Å². The molecule has 29 heavy (non-hydrogen) atoms. The van der Waals surface area contributed by atoms with Crippen LogP contribution >= 0.6 is 24.0 Å². The van der Waals surface area contributed by atoms with Crippen molar-refractivity contribution in [3.05, 3.63) is 66.0 Å². The number of aliphatic imine (C=N–C) groups is 1. The third kappa shape index (κ3) is 9.60. The molecule has 8 heteroatoms. The molecule has 0 spiro atoms. The van der Waals surface area contributed by atoms with Crippen molar-refractivity contribution in [2.24, 2.45) is 4.99 Å². The standard InChI is InChI=1S/C21H27FN4O2.HI/c1-16(28-19-11-7-6-10-18(19)22)14-26-21(23-2)24-13-12-20(27)25-15-17-8-4-3-5-9-17;/h3-11,16H,12-15H2,1-2H3,(H,25,27)(H2,23,24,26);1H. The highest BCUT2D eigenvalue weighted by Gasteiger charge is 2.09. The lowest BCUT2D eigenvalue weighted by Gasteiger charge is -2.18. The van der Waals surface area contributed by atoms with Gasteiger partial charge in [0, 0.05) is 26.6 Å². The minimum Gasteiger partial charge on any atom is -0.486 e. The normalized spacial score (nSPS) is 11.8. The van der Waals surface area contributed by atoms with E-state index in [4.69, 9.17) is 4.74 Å². The van der Waals surface area contributed by atoms with Crippen molar-refractivity contribution in [3.8, 4) is 5.75 Å². The molecule has 0 bridgehead atoms. The first-order valence-corrected chi connectivity index (χ1v) is 9.25. The molecular formula is C21H28FIN4O2. The lowest BCUT2D eigenvalue weighted by Crippen LogP contribution is -2.43. The molecule has 0 aromatic heterocycles. The third-order valence-corrected chi connectivity index (χ3v) is 3.92. The first-order chi connectivity index (χ1) is 13.6. The summed E-state index contributed by atoms with van der Waals surface area (Å²) in [7, 11) is 1.65. The van der Waals surface area contributed by atoms with E-state index in [0.717, 1.165) is 5.56 Å². The van der Waals surface area contributed by atoms with Crippen LogP contribution in [0.2, 0.25) is 0 Å². The molecule has 158 valence electrons. The van der Waals surface area contributed by atoms with Crippen molar-refractivity contribution in [2.45, 2.75) is 26.0 Å². The summed E-state index contributed by atoms with van der Waals surface area (Å²) in [6.07, 6.45) is 0.0686. The minimum atomic E-state index is -0.390. The fourth-order valence-electron chi connectivity index (χ4n) is 2.44. The number of amides is 1. The molecule has 6 nitrogen and oxygen atoms in total. The van der Waals surface area contributed by atoms with Gasteiger partial charge in [-0.05, 0) is 24.6 Å². The first kappa shape index (κ1) is 24.7. The van der Waals surface area contributed by atoms with E-state index in [1.807, 2.05) is 37.3 Å². The van der Waals surface area contributed by atoms with E-state index >= 15 is 0 Å². The zero-order valence-corrected chi connectivity index (χ0v) is 19.0. The fraction of sp³-hybridized carbons (Fsp3) is 0.333. The maximum absolute atomic E-state index is 13.6. The van der Waals surface area contributed by atoms with Gasteiger partial charge in [-0.2, -0.15) is 0 Å². The van der Waals surface area contributed by atoms with E-state index in [2.05, 4.69) is 20.9 Å². The van der Waals surface area contributed by atoms with Gasteiger partial charge in [-0.25, -0.2) is 4.39 Å². The Morgan fingerprint density at radius 2 is 1.76 bits per heavy atom. The number of halogens is 2. The van der Waals surface area contributed by atoms with Crippen LogP contribution in [-0.4, -0.2) is 38.1 Å². The Balaban J connectivity index is 0.00000420. The van der Waals surface area contributed by atoms with E-state index in [1.54, 1.807) is 25.2 Å². The van der Waals surface area contributed by atoms with Gasteiger partial charge in [-0.15, -0.1) is 24.0 Å². The predicted octanol–water partition coefficient (Wildman–Crippen LogP) is 3.08. The SMILES string of the molecule is CN=C(NCCC(=O)NCc1ccccc1)NCC(C)Oc1ccccc1F.I. The van der Waals surface area contributed by atoms with Crippen LogP contribution in [0.4, 0.5) is 4.39 Å². The number of carbonyl (C=O) groups is 1. The second-order valence-electron chi connectivity index (χ2n) is 6.25. The summed E-state index contributed by atoms with van der Waals surface area (Å²) >= 11 is 0. The van der Waals surface area contributed by atoms with Crippen LogP contribution in [0, 0.1) is 5.82 Å². The average molecular weight is 514 g/mol. The van der Waals surface area contributed by atoms with E-state index < -0.39 is 5.82 Å². The summed E-state index contributed by atoms with van der Waals surface area (Å²) in [4.78, 5) is 16.0. The van der Waals surface area contributed by atoms with Crippen LogP contribution in [0.25, 0.3) is 0 Å². The molecule has 1 unspecified atom stereocenters. The highest BCUT2D eigenvalue weighted by atomic mass is 127. The Kier molecular flexibility index (Phi) is 11.7. The average Bonchev–Trinajstić information content (AvgIpc) is 2.71. The smallest absolute Gasteiger partial charge is 0.222 e. The van der Waals surface area contributed by atoms with Crippen molar-refractivity contribution in [1.29, 1.82) is 0 Å². The van der Waals surface area contributed by atoms with Crippen LogP contribution in [-0.2, 0) is 11.3 Å². The van der Waals surface area contributed by atoms with E-state index in [9.17, 15) is 9.18 Å². The summed E-state index contributed by atoms with van der Waals surface area (Å²) in [5.41, 5.74) is 1.06.